The summed E-state index contributed by atoms with van der Waals surface area (Å²) in [5, 5.41) is 14.9. The molecule has 23 heavy (non-hydrogen) atoms. The zero-order valence-electron chi connectivity index (χ0n) is 12.2. The van der Waals surface area contributed by atoms with Crippen molar-refractivity contribution in [1.29, 1.82) is 0 Å². The number of hydrogen-bond donors (Lipinski definition) is 1. The van der Waals surface area contributed by atoms with Gasteiger partial charge in [-0.3, -0.25) is 0 Å². The molecule has 3 aromatic rings. The molecular weight excluding hydrogens is 302 g/mol. The van der Waals surface area contributed by atoms with Crippen LogP contribution in [0.5, 0.6) is 0 Å². The van der Waals surface area contributed by atoms with Gasteiger partial charge >= 0.3 is 11.9 Å². The molecule has 3 rings (SSSR count). The molecule has 2 aromatic heterocycles. The van der Waals surface area contributed by atoms with Gasteiger partial charge in [-0.25, -0.2) is 4.79 Å². The molecule has 0 aliphatic carbocycles. The number of nitrogens with zero attached hydrogens (tertiary/aromatic N) is 4. The van der Waals surface area contributed by atoms with E-state index in [-0.39, 0.29) is 13.2 Å². The number of benzene rings is 1. The molecule has 0 atom stereocenters. The van der Waals surface area contributed by atoms with Gasteiger partial charge in [0, 0.05) is 21.7 Å². The van der Waals surface area contributed by atoms with Gasteiger partial charge < -0.3 is 19.8 Å². The lowest BCUT2D eigenvalue weighted by Crippen LogP contribution is -2.12. The number of hydrogen-bond acceptors (Lipinski definition) is 6. The fourth-order valence-corrected chi connectivity index (χ4v) is 2.32. The summed E-state index contributed by atoms with van der Waals surface area (Å²) in [4.78, 5) is 28.7. The second kappa shape index (κ2) is 5.87. The fraction of sp³-hybridized carbons (Fsp3) is 0.214. The third-order valence-electron chi connectivity index (χ3n) is 3.34. The number of fused-ring (bicyclic) bond motifs is 1. The summed E-state index contributed by atoms with van der Waals surface area (Å²) in [5.41, 5.74) is 2.08. The molecular formula is C14H13N5O4. The molecule has 0 fully saturated rings. The highest BCUT2D eigenvalue weighted by Crippen LogP contribution is 2.22. The highest BCUT2D eigenvalue weighted by Gasteiger charge is 2.18. The minimum atomic E-state index is -0.683. The van der Waals surface area contributed by atoms with Crippen LogP contribution in [0.1, 0.15) is 16.1 Å². The molecule has 0 aliphatic rings. The van der Waals surface area contributed by atoms with Gasteiger partial charge in [0.25, 0.3) is 0 Å². The lowest BCUT2D eigenvalue weighted by atomic mass is 10.1. The van der Waals surface area contributed by atoms with Crippen molar-refractivity contribution >= 4 is 22.8 Å². The van der Waals surface area contributed by atoms with Crippen molar-refractivity contribution in [2.45, 2.75) is 13.5 Å². The fourth-order valence-electron chi connectivity index (χ4n) is 2.32. The van der Waals surface area contributed by atoms with E-state index in [0.717, 1.165) is 16.6 Å². The molecule has 0 amide bonds. The molecule has 9 heteroatoms. The third kappa shape index (κ3) is 2.89. The molecule has 0 bridgehead atoms. The summed E-state index contributed by atoms with van der Waals surface area (Å²) < 4.78 is 6.49. The molecule has 118 valence electrons. The number of aromatic amines is 1. The second-order valence-electron chi connectivity index (χ2n) is 4.87. The van der Waals surface area contributed by atoms with E-state index in [0.29, 0.717) is 5.56 Å². The zero-order chi connectivity index (χ0) is 16.4. The third-order valence-corrected chi connectivity index (χ3v) is 3.34. The number of carbonyl (C=O) groups is 1. The van der Waals surface area contributed by atoms with Crippen molar-refractivity contribution < 1.29 is 14.5 Å². The van der Waals surface area contributed by atoms with Gasteiger partial charge in [-0.2, -0.15) is 4.68 Å². The highest BCUT2D eigenvalue weighted by molar-refractivity contribution is 6.05. The molecule has 0 unspecified atom stereocenters. The molecule has 0 spiro atoms. The van der Waals surface area contributed by atoms with Gasteiger partial charge in [0.2, 0.25) is 6.33 Å². The van der Waals surface area contributed by atoms with Gasteiger partial charge in [0.15, 0.2) is 0 Å². The van der Waals surface area contributed by atoms with Crippen molar-refractivity contribution in [3.8, 4) is 0 Å². The smallest absolute Gasteiger partial charge is 0.460 e. The summed E-state index contributed by atoms with van der Waals surface area (Å²) in [6.07, 6.45) is 1.23. The number of para-hydroxylation sites is 1. The van der Waals surface area contributed by atoms with Crippen LogP contribution in [0, 0.1) is 17.0 Å². The van der Waals surface area contributed by atoms with Crippen LogP contribution in [0.3, 0.4) is 0 Å². The molecule has 0 saturated heterocycles. The van der Waals surface area contributed by atoms with Crippen LogP contribution in [-0.4, -0.2) is 37.2 Å². The van der Waals surface area contributed by atoms with Crippen molar-refractivity contribution in [3.05, 3.63) is 52.0 Å². The Morgan fingerprint density at radius 2 is 2.22 bits per heavy atom. The van der Waals surface area contributed by atoms with E-state index in [4.69, 9.17) is 4.74 Å². The standard InChI is InChI=1S/C14H13N5O4/c1-9-12(10-4-2-3-5-11(10)16-9)13(20)23-7-6-18-8-15-14(17-18)19(21)22/h2-5,8,16H,6-7H2,1H3. The molecule has 1 N–H and O–H groups in total. The Balaban J connectivity index is 1.66. The highest BCUT2D eigenvalue weighted by atomic mass is 16.6. The van der Waals surface area contributed by atoms with Gasteiger partial charge in [-0.15, -0.1) is 0 Å². The van der Waals surface area contributed by atoms with E-state index >= 15 is 0 Å². The Kier molecular flexibility index (Phi) is 3.75. The number of ether oxygens (including phenoxy) is 1. The van der Waals surface area contributed by atoms with E-state index in [2.05, 4.69) is 15.1 Å². The monoisotopic (exact) mass is 315 g/mol. The number of nitrogens with one attached hydrogen (secondary N) is 1. The summed E-state index contributed by atoms with van der Waals surface area (Å²) in [6, 6.07) is 7.45. The first kappa shape index (κ1) is 14.7. The van der Waals surface area contributed by atoms with E-state index in [1.165, 1.54) is 11.0 Å². The predicted molar refractivity (Wildman–Crippen MR) is 80.0 cm³/mol. The molecule has 0 radical (unpaired) electrons. The molecule has 1 aromatic carbocycles. The number of aromatic nitrogens is 4. The van der Waals surface area contributed by atoms with Crippen LogP contribution in [0.4, 0.5) is 5.95 Å². The molecule has 0 aliphatic heterocycles. The average molecular weight is 315 g/mol. The van der Waals surface area contributed by atoms with E-state index in [1.54, 1.807) is 6.92 Å². The van der Waals surface area contributed by atoms with Crippen LogP contribution in [0.2, 0.25) is 0 Å². The maximum Gasteiger partial charge on any atom is 0.490 e. The van der Waals surface area contributed by atoms with Gasteiger partial charge in [0.05, 0.1) is 12.1 Å². The lowest BCUT2D eigenvalue weighted by molar-refractivity contribution is -0.394. The topological polar surface area (TPSA) is 116 Å². The Morgan fingerprint density at radius 1 is 1.43 bits per heavy atom. The Morgan fingerprint density at radius 3 is 2.96 bits per heavy atom. The average Bonchev–Trinajstić information content (AvgIpc) is 3.10. The SMILES string of the molecule is Cc1[nH]c2ccccc2c1C(=O)OCCn1cnc([N+](=O)[O-])n1. The summed E-state index contributed by atoms with van der Waals surface area (Å²) in [7, 11) is 0. The number of rotatable bonds is 5. The zero-order valence-corrected chi connectivity index (χ0v) is 12.2. The van der Waals surface area contributed by atoms with Crippen molar-refractivity contribution in [2.75, 3.05) is 6.61 Å². The number of H-pyrrole nitrogens is 1. The van der Waals surface area contributed by atoms with Gasteiger partial charge in [-0.05, 0) is 17.9 Å². The molecule has 9 nitrogen and oxygen atoms in total. The first-order valence-electron chi connectivity index (χ1n) is 6.84. The van der Waals surface area contributed by atoms with Crippen LogP contribution in [0.25, 0.3) is 10.9 Å². The second-order valence-corrected chi connectivity index (χ2v) is 4.87. The quantitative estimate of drug-likeness (QED) is 0.436. The Bertz CT molecular complexity index is 882. The number of nitro groups is 1. The summed E-state index contributed by atoms with van der Waals surface area (Å²) >= 11 is 0. The van der Waals surface area contributed by atoms with Crippen LogP contribution < -0.4 is 0 Å². The first-order chi connectivity index (χ1) is 11.1. The van der Waals surface area contributed by atoms with Crippen molar-refractivity contribution in [1.82, 2.24) is 19.7 Å². The maximum absolute atomic E-state index is 12.2. The Labute approximate surface area is 130 Å². The van der Waals surface area contributed by atoms with Crippen molar-refractivity contribution in [2.24, 2.45) is 0 Å². The molecule has 2 heterocycles. The minimum absolute atomic E-state index is 0.0400. The van der Waals surface area contributed by atoms with E-state index in [9.17, 15) is 14.9 Å². The maximum atomic E-state index is 12.2. The minimum Gasteiger partial charge on any atom is -0.460 e. The van der Waals surface area contributed by atoms with E-state index in [1.807, 2.05) is 24.3 Å². The number of esters is 1. The first-order valence-corrected chi connectivity index (χ1v) is 6.84. The van der Waals surface area contributed by atoms with Gasteiger partial charge in [0.1, 0.15) is 6.61 Å². The number of carbonyl (C=O) groups excluding carboxylic acids is 1. The van der Waals surface area contributed by atoms with Gasteiger partial charge in [-0.1, -0.05) is 23.2 Å². The lowest BCUT2D eigenvalue weighted by Gasteiger charge is -2.03. The van der Waals surface area contributed by atoms with E-state index < -0.39 is 16.8 Å². The van der Waals surface area contributed by atoms with Crippen LogP contribution in [0.15, 0.2) is 30.6 Å². The molecule has 0 saturated carbocycles. The predicted octanol–water partition coefficient (Wildman–Crippen LogP) is 1.83. The van der Waals surface area contributed by atoms with Crippen LogP contribution >= 0.6 is 0 Å². The number of aryl methyl sites for hydroxylation is 1. The largest absolute Gasteiger partial charge is 0.490 e. The summed E-state index contributed by atoms with van der Waals surface area (Å²) in [5.74, 6) is -0.932. The summed E-state index contributed by atoms with van der Waals surface area (Å²) in [6.45, 7) is 2.03. The van der Waals surface area contributed by atoms with Crippen LogP contribution in [-0.2, 0) is 11.3 Å². The normalized spacial score (nSPS) is 10.8. The van der Waals surface area contributed by atoms with Crippen molar-refractivity contribution in [3.63, 3.8) is 0 Å². The Hall–Kier alpha value is -3.23.